The van der Waals surface area contributed by atoms with E-state index in [0.29, 0.717) is 22.6 Å². The Morgan fingerprint density at radius 3 is 2.90 bits per heavy atom. The fourth-order valence-corrected chi connectivity index (χ4v) is 2.56. The number of carbonyl (C=O) groups excluding carboxylic acids is 1. The minimum Gasteiger partial charge on any atom is -0.370 e. The van der Waals surface area contributed by atoms with Crippen LogP contribution in [0.15, 0.2) is 12.1 Å². The molecule has 1 aromatic heterocycles. The monoisotopic (exact) mass is 296 g/mol. The van der Waals surface area contributed by atoms with Crippen molar-refractivity contribution in [1.29, 1.82) is 0 Å². The number of amides is 1. The highest BCUT2D eigenvalue weighted by atomic mass is 35.5. The number of rotatable bonds is 4. The first-order valence-electron chi connectivity index (χ1n) is 6.89. The topological polar surface area (TPSA) is 48.5 Å². The predicted octanol–water partition coefficient (Wildman–Crippen LogP) is 1.94. The van der Waals surface area contributed by atoms with E-state index in [2.05, 4.69) is 15.2 Å². The molecule has 1 fully saturated rings. The summed E-state index contributed by atoms with van der Waals surface area (Å²) in [4.78, 5) is 20.8. The molecule has 110 valence electrons. The van der Waals surface area contributed by atoms with E-state index in [9.17, 15) is 4.79 Å². The molecule has 5 nitrogen and oxygen atoms in total. The summed E-state index contributed by atoms with van der Waals surface area (Å²) < 4.78 is 0. The van der Waals surface area contributed by atoms with Gasteiger partial charge in [0, 0.05) is 25.7 Å². The maximum absolute atomic E-state index is 12.5. The van der Waals surface area contributed by atoms with Crippen LogP contribution in [0.3, 0.4) is 0 Å². The first-order valence-corrected chi connectivity index (χ1v) is 7.26. The Hall–Kier alpha value is -1.33. The average Bonchev–Trinajstić information content (AvgIpc) is 2.90. The van der Waals surface area contributed by atoms with Crippen molar-refractivity contribution in [3.8, 4) is 0 Å². The third-order valence-corrected chi connectivity index (χ3v) is 3.89. The van der Waals surface area contributed by atoms with Crippen LogP contribution in [0.4, 0.5) is 5.82 Å². The lowest BCUT2D eigenvalue weighted by atomic mass is 10.2. The van der Waals surface area contributed by atoms with Gasteiger partial charge in [0.25, 0.3) is 5.91 Å². The van der Waals surface area contributed by atoms with Crippen LogP contribution in [0.2, 0.25) is 5.02 Å². The first kappa shape index (κ1) is 15.1. The molecular weight excluding hydrogens is 276 g/mol. The van der Waals surface area contributed by atoms with E-state index in [1.807, 2.05) is 25.9 Å². The van der Waals surface area contributed by atoms with Gasteiger partial charge in [-0.25, -0.2) is 4.98 Å². The van der Waals surface area contributed by atoms with Gasteiger partial charge in [0.1, 0.15) is 11.5 Å². The standard InChI is InChI=1S/C14H21ClN4O/c1-4-16-12-6-5-11(15)13(17-12)14(20)19-8-7-10(9-19)18(2)3/h5-6,10H,4,7-9H2,1-3H3,(H,16,17). The van der Waals surface area contributed by atoms with Gasteiger partial charge in [-0.2, -0.15) is 0 Å². The van der Waals surface area contributed by atoms with Crippen molar-refractivity contribution >= 4 is 23.3 Å². The summed E-state index contributed by atoms with van der Waals surface area (Å²) in [7, 11) is 4.07. The lowest BCUT2D eigenvalue weighted by molar-refractivity contribution is 0.0777. The van der Waals surface area contributed by atoms with Crippen molar-refractivity contribution in [2.75, 3.05) is 39.0 Å². The van der Waals surface area contributed by atoms with Gasteiger partial charge in [-0.05, 0) is 39.6 Å². The van der Waals surface area contributed by atoms with Crippen molar-refractivity contribution in [2.24, 2.45) is 0 Å². The summed E-state index contributed by atoms with van der Waals surface area (Å²) in [6.07, 6.45) is 0.989. The van der Waals surface area contributed by atoms with Gasteiger partial charge in [-0.1, -0.05) is 11.6 Å². The van der Waals surface area contributed by atoms with Crippen molar-refractivity contribution in [3.05, 3.63) is 22.8 Å². The lowest BCUT2D eigenvalue weighted by Gasteiger charge is -2.20. The predicted molar refractivity (Wildman–Crippen MR) is 81.4 cm³/mol. The fraction of sp³-hybridized carbons (Fsp3) is 0.571. The molecule has 0 radical (unpaired) electrons. The number of carbonyl (C=O) groups is 1. The second kappa shape index (κ2) is 6.41. The number of halogens is 1. The zero-order valence-corrected chi connectivity index (χ0v) is 12.9. The molecule has 1 unspecified atom stereocenters. The SMILES string of the molecule is CCNc1ccc(Cl)c(C(=O)N2CCC(N(C)C)C2)n1. The van der Waals surface area contributed by atoms with E-state index < -0.39 is 0 Å². The summed E-state index contributed by atoms with van der Waals surface area (Å²) in [5.41, 5.74) is 0.338. The van der Waals surface area contributed by atoms with Gasteiger partial charge in [0.05, 0.1) is 5.02 Å². The maximum atomic E-state index is 12.5. The van der Waals surface area contributed by atoms with Gasteiger partial charge in [-0.3, -0.25) is 4.79 Å². The highest BCUT2D eigenvalue weighted by Crippen LogP contribution is 2.21. The van der Waals surface area contributed by atoms with E-state index >= 15 is 0 Å². The molecule has 1 aliphatic rings. The fourth-order valence-electron chi connectivity index (χ4n) is 2.37. The number of likely N-dealkylation sites (tertiary alicyclic amines) is 1. The third kappa shape index (κ3) is 3.22. The highest BCUT2D eigenvalue weighted by Gasteiger charge is 2.29. The molecule has 1 saturated heterocycles. The Morgan fingerprint density at radius 2 is 2.30 bits per heavy atom. The normalized spacial score (nSPS) is 18.6. The number of hydrogen-bond donors (Lipinski definition) is 1. The molecule has 0 aliphatic carbocycles. The molecule has 1 N–H and O–H groups in total. The minimum absolute atomic E-state index is 0.0842. The molecule has 0 aromatic carbocycles. The number of nitrogens with one attached hydrogen (secondary N) is 1. The van der Waals surface area contributed by atoms with Gasteiger partial charge in [0.15, 0.2) is 0 Å². The zero-order valence-electron chi connectivity index (χ0n) is 12.2. The molecule has 1 aliphatic heterocycles. The van der Waals surface area contributed by atoms with Crippen LogP contribution in [0.25, 0.3) is 0 Å². The molecular formula is C14H21ClN4O. The molecule has 1 aromatic rings. The van der Waals surface area contributed by atoms with E-state index in [-0.39, 0.29) is 5.91 Å². The summed E-state index contributed by atoms with van der Waals surface area (Å²) in [6.45, 7) is 4.23. The van der Waals surface area contributed by atoms with Crippen LogP contribution >= 0.6 is 11.6 Å². The zero-order chi connectivity index (χ0) is 14.7. The van der Waals surface area contributed by atoms with Gasteiger partial charge in [0.2, 0.25) is 0 Å². The van der Waals surface area contributed by atoms with E-state index in [0.717, 1.165) is 26.1 Å². The van der Waals surface area contributed by atoms with Gasteiger partial charge >= 0.3 is 0 Å². The number of aromatic nitrogens is 1. The molecule has 1 atom stereocenters. The first-order chi connectivity index (χ1) is 9.52. The Bertz CT molecular complexity index is 492. The molecule has 2 rings (SSSR count). The number of hydrogen-bond acceptors (Lipinski definition) is 4. The maximum Gasteiger partial charge on any atom is 0.274 e. The Kier molecular flexibility index (Phi) is 4.83. The van der Waals surface area contributed by atoms with Crippen molar-refractivity contribution in [1.82, 2.24) is 14.8 Å². The van der Waals surface area contributed by atoms with E-state index in [4.69, 9.17) is 11.6 Å². The van der Waals surface area contributed by atoms with Crippen LogP contribution in [-0.4, -0.2) is 60.5 Å². The Balaban J connectivity index is 2.15. The molecule has 0 spiro atoms. The van der Waals surface area contributed by atoms with E-state index in [1.165, 1.54) is 0 Å². The minimum atomic E-state index is -0.0842. The molecule has 0 saturated carbocycles. The van der Waals surface area contributed by atoms with Crippen LogP contribution in [-0.2, 0) is 0 Å². The molecule has 20 heavy (non-hydrogen) atoms. The molecule has 1 amide bonds. The number of nitrogens with zero attached hydrogens (tertiary/aromatic N) is 3. The van der Waals surface area contributed by atoms with Crippen molar-refractivity contribution < 1.29 is 4.79 Å². The Labute approximate surface area is 124 Å². The van der Waals surface area contributed by atoms with Crippen molar-refractivity contribution in [3.63, 3.8) is 0 Å². The number of likely N-dealkylation sites (N-methyl/N-ethyl adjacent to an activating group) is 1. The van der Waals surface area contributed by atoms with Crippen LogP contribution in [0.1, 0.15) is 23.8 Å². The van der Waals surface area contributed by atoms with Crippen molar-refractivity contribution in [2.45, 2.75) is 19.4 Å². The lowest BCUT2D eigenvalue weighted by Crippen LogP contribution is -2.35. The summed E-state index contributed by atoms with van der Waals surface area (Å²) in [5, 5.41) is 3.51. The smallest absolute Gasteiger partial charge is 0.274 e. The summed E-state index contributed by atoms with van der Waals surface area (Å²) >= 11 is 6.12. The average molecular weight is 297 g/mol. The number of anilines is 1. The van der Waals surface area contributed by atoms with Crippen LogP contribution in [0, 0.1) is 0 Å². The Morgan fingerprint density at radius 1 is 1.55 bits per heavy atom. The quantitative estimate of drug-likeness (QED) is 0.922. The third-order valence-electron chi connectivity index (χ3n) is 3.59. The molecule has 6 heteroatoms. The van der Waals surface area contributed by atoms with Gasteiger partial charge < -0.3 is 15.1 Å². The van der Waals surface area contributed by atoms with Crippen LogP contribution in [0.5, 0.6) is 0 Å². The highest BCUT2D eigenvalue weighted by molar-refractivity contribution is 6.33. The summed E-state index contributed by atoms with van der Waals surface area (Å²) in [6, 6.07) is 3.92. The van der Waals surface area contributed by atoms with Gasteiger partial charge in [-0.15, -0.1) is 0 Å². The largest absolute Gasteiger partial charge is 0.370 e. The summed E-state index contributed by atoms with van der Waals surface area (Å²) in [5.74, 6) is 0.600. The van der Waals surface area contributed by atoms with Crippen LogP contribution < -0.4 is 5.32 Å². The number of pyridine rings is 1. The second-order valence-electron chi connectivity index (χ2n) is 5.21. The second-order valence-corrected chi connectivity index (χ2v) is 5.62. The van der Waals surface area contributed by atoms with E-state index in [1.54, 1.807) is 12.1 Å². The molecule has 0 bridgehead atoms. The molecule has 2 heterocycles.